The minimum absolute atomic E-state index is 0.509. The molecule has 1 heterocycles. The van der Waals surface area contributed by atoms with Gasteiger partial charge in [-0.15, -0.1) is 0 Å². The Hall–Kier alpha value is -1.46. The first-order valence-electron chi connectivity index (χ1n) is 2.89. The highest BCUT2D eigenvalue weighted by Gasteiger charge is 2.39. The van der Waals surface area contributed by atoms with Crippen LogP contribution >= 0.6 is 0 Å². The molecule has 3 nitrogen and oxygen atoms in total. The molecule has 0 spiro atoms. The zero-order valence-corrected chi connectivity index (χ0v) is 5.67. The first-order valence-corrected chi connectivity index (χ1v) is 2.89. The average Bonchev–Trinajstić information content (AvgIpc) is 2.38. The van der Waals surface area contributed by atoms with E-state index in [2.05, 4.69) is 9.57 Å². The number of hydrogen-bond donors (Lipinski definition) is 1. The highest BCUT2D eigenvalue weighted by molar-refractivity contribution is 6.01. The standard InChI is InChI=1S/C6H4F3NO2/c7-6(8,9)5(10-11)4-2-1-3-12-4/h1-3,11H/b10-5-. The summed E-state index contributed by atoms with van der Waals surface area (Å²) in [5, 5.41) is 10.1. The lowest BCUT2D eigenvalue weighted by atomic mass is 10.3. The number of furan rings is 1. The summed E-state index contributed by atoms with van der Waals surface area (Å²) in [6.45, 7) is 0. The molecular formula is C6H4F3NO2. The molecule has 0 aliphatic rings. The second kappa shape index (κ2) is 2.88. The lowest BCUT2D eigenvalue weighted by Crippen LogP contribution is -2.23. The smallest absolute Gasteiger partial charge is 0.440 e. The topological polar surface area (TPSA) is 45.7 Å². The van der Waals surface area contributed by atoms with Gasteiger partial charge in [-0.3, -0.25) is 0 Å². The maximum atomic E-state index is 11.9. The summed E-state index contributed by atoms with van der Waals surface area (Å²) in [5.74, 6) is -0.509. The van der Waals surface area contributed by atoms with Gasteiger partial charge in [0, 0.05) is 0 Å². The minimum atomic E-state index is -4.70. The van der Waals surface area contributed by atoms with Gasteiger partial charge in [0.2, 0.25) is 5.71 Å². The summed E-state index contributed by atoms with van der Waals surface area (Å²) in [5.41, 5.74) is -1.44. The summed E-state index contributed by atoms with van der Waals surface area (Å²) in [6, 6.07) is 2.33. The van der Waals surface area contributed by atoms with E-state index < -0.39 is 17.6 Å². The van der Waals surface area contributed by atoms with Crippen LogP contribution in [0.4, 0.5) is 13.2 Å². The van der Waals surface area contributed by atoms with E-state index in [1.165, 1.54) is 6.07 Å². The van der Waals surface area contributed by atoms with Crippen LogP contribution in [-0.2, 0) is 0 Å². The van der Waals surface area contributed by atoms with Crippen LogP contribution in [0.25, 0.3) is 0 Å². The Labute approximate surface area is 65.1 Å². The first-order chi connectivity index (χ1) is 5.55. The highest BCUT2D eigenvalue weighted by atomic mass is 19.4. The molecule has 1 N–H and O–H groups in total. The highest BCUT2D eigenvalue weighted by Crippen LogP contribution is 2.22. The van der Waals surface area contributed by atoms with Crippen molar-refractivity contribution >= 4 is 5.71 Å². The normalized spacial score (nSPS) is 13.4. The summed E-state index contributed by atoms with van der Waals surface area (Å²) in [6.07, 6.45) is -3.64. The Kier molecular flexibility index (Phi) is 2.07. The van der Waals surface area contributed by atoms with Crippen LogP contribution in [0.1, 0.15) is 5.76 Å². The molecule has 12 heavy (non-hydrogen) atoms. The van der Waals surface area contributed by atoms with Gasteiger partial charge in [0.1, 0.15) is 0 Å². The number of nitrogens with zero attached hydrogens (tertiary/aromatic N) is 1. The zero-order chi connectivity index (χ0) is 9.19. The van der Waals surface area contributed by atoms with Crippen LogP contribution in [0.15, 0.2) is 28.0 Å². The minimum Gasteiger partial charge on any atom is -0.463 e. The predicted molar refractivity (Wildman–Crippen MR) is 33.1 cm³/mol. The van der Waals surface area contributed by atoms with Gasteiger partial charge >= 0.3 is 6.18 Å². The molecule has 0 aliphatic carbocycles. The van der Waals surface area contributed by atoms with Gasteiger partial charge in [-0.25, -0.2) is 0 Å². The molecule has 0 radical (unpaired) electrons. The van der Waals surface area contributed by atoms with Crippen LogP contribution < -0.4 is 0 Å². The molecule has 1 aromatic rings. The number of rotatable bonds is 1. The van der Waals surface area contributed by atoms with Crippen molar-refractivity contribution in [3.8, 4) is 0 Å². The second-order valence-electron chi connectivity index (χ2n) is 1.92. The Morgan fingerprint density at radius 1 is 1.50 bits per heavy atom. The summed E-state index contributed by atoms with van der Waals surface area (Å²) in [4.78, 5) is 0. The van der Waals surface area contributed by atoms with E-state index in [0.29, 0.717) is 0 Å². The first kappa shape index (κ1) is 8.63. The van der Waals surface area contributed by atoms with Gasteiger partial charge in [0.15, 0.2) is 5.76 Å². The average molecular weight is 179 g/mol. The van der Waals surface area contributed by atoms with Crippen molar-refractivity contribution in [2.75, 3.05) is 0 Å². The van der Waals surface area contributed by atoms with Crippen molar-refractivity contribution < 1.29 is 22.8 Å². The fourth-order valence-corrected chi connectivity index (χ4v) is 0.659. The molecule has 0 amide bonds. The number of halogens is 3. The molecule has 66 valence electrons. The van der Waals surface area contributed by atoms with E-state index in [1.54, 1.807) is 0 Å². The van der Waals surface area contributed by atoms with Crippen molar-refractivity contribution in [3.05, 3.63) is 24.2 Å². The Morgan fingerprint density at radius 2 is 2.17 bits per heavy atom. The van der Waals surface area contributed by atoms with Gasteiger partial charge in [-0.2, -0.15) is 13.2 Å². The largest absolute Gasteiger partial charge is 0.463 e. The fraction of sp³-hybridized carbons (Fsp3) is 0.167. The quantitative estimate of drug-likeness (QED) is 0.407. The lowest BCUT2D eigenvalue weighted by Gasteiger charge is -2.04. The van der Waals surface area contributed by atoms with Crippen LogP contribution in [0.2, 0.25) is 0 Å². The summed E-state index contributed by atoms with van der Waals surface area (Å²) < 4.78 is 40.2. The van der Waals surface area contributed by atoms with Gasteiger partial charge in [-0.1, -0.05) is 5.16 Å². The summed E-state index contributed by atoms with van der Waals surface area (Å²) >= 11 is 0. The van der Waals surface area contributed by atoms with Crippen molar-refractivity contribution in [2.45, 2.75) is 6.18 Å². The van der Waals surface area contributed by atoms with Gasteiger partial charge < -0.3 is 9.62 Å². The molecule has 1 aromatic heterocycles. The van der Waals surface area contributed by atoms with Crippen LogP contribution in [0.5, 0.6) is 0 Å². The molecule has 0 aliphatic heterocycles. The number of oxime groups is 1. The third-order valence-corrected chi connectivity index (χ3v) is 1.12. The van der Waals surface area contributed by atoms with E-state index in [1.807, 2.05) is 0 Å². The Balaban J connectivity index is 3.01. The van der Waals surface area contributed by atoms with Crippen LogP contribution in [-0.4, -0.2) is 17.1 Å². The van der Waals surface area contributed by atoms with Gasteiger partial charge in [0.05, 0.1) is 6.26 Å². The van der Waals surface area contributed by atoms with Crippen molar-refractivity contribution in [1.82, 2.24) is 0 Å². The van der Waals surface area contributed by atoms with Crippen LogP contribution in [0.3, 0.4) is 0 Å². The maximum Gasteiger partial charge on any atom is 0.440 e. The van der Waals surface area contributed by atoms with Crippen molar-refractivity contribution in [3.63, 3.8) is 0 Å². The predicted octanol–water partition coefficient (Wildman–Crippen LogP) is 2.02. The molecular weight excluding hydrogens is 175 g/mol. The molecule has 6 heteroatoms. The fourth-order valence-electron chi connectivity index (χ4n) is 0.659. The third-order valence-electron chi connectivity index (χ3n) is 1.12. The van der Waals surface area contributed by atoms with E-state index in [4.69, 9.17) is 5.21 Å². The molecule has 0 saturated carbocycles. The molecule has 1 rings (SSSR count). The SMILES string of the molecule is O/N=C(/c1ccco1)C(F)(F)F. The van der Waals surface area contributed by atoms with Gasteiger partial charge in [0.25, 0.3) is 0 Å². The molecule has 0 unspecified atom stereocenters. The third kappa shape index (κ3) is 1.58. The maximum absolute atomic E-state index is 11.9. The monoisotopic (exact) mass is 179 g/mol. The lowest BCUT2D eigenvalue weighted by molar-refractivity contribution is -0.0609. The van der Waals surface area contributed by atoms with Crippen molar-refractivity contribution in [2.24, 2.45) is 5.16 Å². The summed E-state index contributed by atoms with van der Waals surface area (Å²) in [7, 11) is 0. The zero-order valence-electron chi connectivity index (χ0n) is 5.67. The Morgan fingerprint density at radius 3 is 2.50 bits per heavy atom. The van der Waals surface area contributed by atoms with E-state index in [9.17, 15) is 13.2 Å². The Bertz CT molecular complexity index is 275. The molecule has 0 fully saturated rings. The molecule has 0 bridgehead atoms. The molecule has 0 saturated heterocycles. The second-order valence-corrected chi connectivity index (χ2v) is 1.92. The van der Waals surface area contributed by atoms with Crippen LogP contribution in [0, 0.1) is 0 Å². The number of alkyl halides is 3. The van der Waals surface area contributed by atoms with Crippen molar-refractivity contribution in [1.29, 1.82) is 0 Å². The molecule has 0 aromatic carbocycles. The van der Waals surface area contributed by atoms with E-state index in [0.717, 1.165) is 12.3 Å². The number of hydrogen-bond acceptors (Lipinski definition) is 3. The van der Waals surface area contributed by atoms with E-state index in [-0.39, 0.29) is 0 Å². The van der Waals surface area contributed by atoms with E-state index >= 15 is 0 Å². The molecule has 0 atom stereocenters. The van der Waals surface area contributed by atoms with Gasteiger partial charge in [-0.05, 0) is 12.1 Å².